The van der Waals surface area contributed by atoms with Gasteiger partial charge in [0, 0.05) is 31.1 Å². The van der Waals surface area contributed by atoms with Crippen LogP contribution in [0, 0.1) is 5.92 Å². The molecule has 11 heteroatoms. The van der Waals surface area contributed by atoms with Crippen LogP contribution in [0.3, 0.4) is 0 Å². The molecule has 2 aromatic rings. The normalized spacial score (nSPS) is 21.3. The van der Waals surface area contributed by atoms with Gasteiger partial charge < -0.3 is 14.4 Å². The van der Waals surface area contributed by atoms with E-state index in [0.717, 1.165) is 38.8 Å². The van der Waals surface area contributed by atoms with Crippen molar-refractivity contribution < 1.29 is 27.5 Å². The van der Waals surface area contributed by atoms with Gasteiger partial charge in [0.2, 0.25) is 5.91 Å². The van der Waals surface area contributed by atoms with Gasteiger partial charge in [-0.05, 0) is 62.8 Å². The summed E-state index contributed by atoms with van der Waals surface area (Å²) in [6, 6.07) is 11.3. The van der Waals surface area contributed by atoms with Gasteiger partial charge >= 0.3 is 5.97 Å². The molecule has 0 atom stereocenters. The van der Waals surface area contributed by atoms with E-state index in [0.29, 0.717) is 34.7 Å². The number of rotatable bonds is 7. The zero-order valence-corrected chi connectivity index (χ0v) is 22.8. The Morgan fingerprint density at radius 1 is 0.946 bits per heavy atom. The molecule has 0 aromatic heterocycles. The van der Waals surface area contributed by atoms with Crippen LogP contribution in [0.1, 0.15) is 48.9 Å². The summed E-state index contributed by atoms with van der Waals surface area (Å²) in [6.45, 7) is 1.79. The van der Waals surface area contributed by atoms with Gasteiger partial charge in [-0.15, -0.1) is 0 Å². The SMILES string of the molecule is COC(=O)c1ccccc1S(=O)(=O)NC(=O)C1CCC(N2CCC(Oc3ccc(Cl)c(Cl)c3)CC2)CC1. The van der Waals surface area contributed by atoms with Crippen LogP contribution >= 0.6 is 23.2 Å². The fourth-order valence-electron chi connectivity index (χ4n) is 5.05. The number of hydrogen-bond acceptors (Lipinski definition) is 7. The molecule has 1 saturated carbocycles. The van der Waals surface area contributed by atoms with E-state index in [1.54, 1.807) is 12.1 Å². The average Bonchev–Trinajstić information content (AvgIpc) is 2.90. The summed E-state index contributed by atoms with van der Waals surface area (Å²) in [4.78, 5) is 27.0. The predicted molar refractivity (Wildman–Crippen MR) is 141 cm³/mol. The summed E-state index contributed by atoms with van der Waals surface area (Å²) in [5.74, 6) is -0.998. The number of amides is 1. The Morgan fingerprint density at radius 2 is 1.62 bits per heavy atom. The number of ether oxygens (including phenoxy) is 2. The summed E-state index contributed by atoms with van der Waals surface area (Å²) in [7, 11) is -3.03. The number of methoxy groups -OCH3 is 1. The van der Waals surface area contributed by atoms with Crippen molar-refractivity contribution in [1.29, 1.82) is 0 Å². The predicted octanol–water partition coefficient (Wildman–Crippen LogP) is 4.69. The number of nitrogens with one attached hydrogen (secondary N) is 1. The highest BCUT2D eigenvalue weighted by Crippen LogP contribution is 2.32. The summed E-state index contributed by atoms with van der Waals surface area (Å²) < 4.78 is 38.6. The van der Waals surface area contributed by atoms with Gasteiger partial charge in [-0.2, -0.15) is 0 Å². The first-order valence-corrected chi connectivity index (χ1v) is 14.5. The largest absolute Gasteiger partial charge is 0.490 e. The Labute approximate surface area is 227 Å². The van der Waals surface area contributed by atoms with Crippen molar-refractivity contribution >= 4 is 45.1 Å². The molecule has 1 saturated heterocycles. The molecule has 0 bridgehead atoms. The van der Waals surface area contributed by atoms with Gasteiger partial charge in [0.05, 0.1) is 22.7 Å². The lowest BCUT2D eigenvalue weighted by molar-refractivity contribution is -0.124. The third-order valence-corrected chi connectivity index (χ3v) is 9.22. The molecule has 37 heavy (non-hydrogen) atoms. The molecule has 4 rings (SSSR count). The van der Waals surface area contributed by atoms with E-state index in [9.17, 15) is 18.0 Å². The van der Waals surface area contributed by atoms with Crippen LogP contribution in [0.5, 0.6) is 5.75 Å². The van der Waals surface area contributed by atoms with Gasteiger partial charge in [-0.3, -0.25) is 4.79 Å². The minimum Gasteiger partial charge on any atom is -0.490 e. The highest BCUT2D eigenvalue weighted by molar-refractivity contribution is 7.90. The monoisotopic (exact) mass is 568 g/mol. The molecule has 8 nitrogen and oxygen atoms in total. The van der Waals surface area contributed by atoms with Crippen LogP contribution in [0.15, 0.2) is 47.4 Å². The molecule has 1 heterocycles. The van der Waals surface area contributed by atoms with Crippen molar-refractivity contribution in [3.63, 3.8) is 0 Å². The number of nitrogens with zero attached hydrogens (tertiary/aromatic N) is 1. The number of esters is 1. The third kappa shape index (κ3) is 6.76. The summed E-state index contributed by atoms with van der Waals surface area (Å²) in [5, 5.41) is 0.967. The molecule has 2 aliphatic rings. The van der Waals surface area contributed by atoms with Crippen molar-refractivity contribution in [3.05, 3.63) is 58.1 Å². The van der Waals surface area contributed by atoms with Crippen LogP contribution in [0.25, 0.3) is 0 Å². The van der Waals surface area contributed by atoms with E-state index in [4.69, 9.17) is 27.9 Å². The average molecular weight is 570 g/mol. The molecule has 0 spiro atoms. The molecule has 1 aliphatic carbocycles. The number of carbonyl (C=O) groups excluding carboxylic acids is 2. The van der Waals surface area contributed by atoms with E-state index >= 15 is 0 Å². The van der Waals surface area contributed by atoms with Gasteiger partial charge in [0.1, 0.15) is 16.7 Å². The molecule has 0 unspecified atom stereocenters. The van der Waals surface area contributed by atoms with E-state index < -0.39 is 27.8 Å². The van der Waals surface area contributed by atoms with Crippen molar-refractivity contribution in [2.75, 3.05) is 20.2 Å². The Kier molecular flexibility index (Phi) is 9.00. The quantitative estimate of drug-likeness (QED) is 0.483. The third-order valence-electron chi connectivity index (χ3n) is 7.07. The maximum absolute atomic E-state index is 12.9. The fourth-order valence-corrected chi connectivity index (χ4v) is 6.58. The maximum Gasteiger partial charge on any atom is 0.339 e. The zero-order chi connectivity index (χ0) is 26.6. The Morgan fingerprint density at radius 3 is 2.27 bits per heavy atom. The summed E-state index contributed by atoms with van der Waals surface area (Å²) in [6.07, 6.45) is 4.71. The molecule has 2 fully saturated rings. The topological polar surface area (TPSA) is 102 Å². The first-order valence-electron chi connectivity index (χ1n) is 12.3. The molecular weight excluding hydrogens is 539 g/mol. The zero-order valence-electron chi connectivity index (χ0n) is 20.5. The van der Waals surface area contributed by atoms with Gasteiger partial charge in [-0.1, -0.05) is 35.3 Å². The number of benzene rings is 2. The second-order valence-electron chi connectivity index (χ2n) is 9.39. The molecule has 1 amide bonds. The Hall–Kier alpha value is -2.33. The molecule has 1 aliphatic heterocycles. The van der Waals surface area contributed by atoms with Gasteiger partial charge in [0.15, 0.2) is 0 Å². The standard InChI is InChI=1S/C26H30Cl2N2O6S/c1-35-26(32)21-4-2-3-5-24(21)37(33,34)29-25(31)17-6-8-18(9-7-17)30-14-12-19(13-15-30)36-20-10-11-22(27)23(28)16-20/h2-5,10-11,16-19H,6-9,12-15H2,1H3,(H,29,31). The lowest BCUT2D eigenvalue weighted by Crippen LogP contribution is -2.46. The second-order valence-corrected chi connectivity index (χ2v) is 11.9. The Balaban J connectivity index is 1.26. The maximum atomic E-state index is 12.9. The first kappa shape index (κ1) is 27.7. The number of hydrogen-bond donors (Lipinski definition) is 1. The Bertz CT molecular complexity index is 1240. The lowest BCUT2D eigenvalue weighted by atomic mass is 9.84. The molecular formula is C26H30Cl2N2O6S. The fraction of sp³-hybridized carbons (Fsp3) is 0.462. The van der Waals surface area contributed by atoms with Gasteiger partial charge in [0.25, 0.3) is 10.0 Å². The van der Waals surface area contributed by atoms with Crippen LogP contribution in [-0.4, -0.2) is 57.5 Å². The minimum atomic E-state index is -4.21. The van der Waals surface area contributed by atoms with Crippen LogP contribution < -0.4 is 9.46 Å². The van der Waals surface area contributed by atoms with Crippen LogP contribution in [0.4, 0.5) is 0 Å². The lowest BCUT2D eigenvalue weighted by Gasteiger charge is -2.40. The smallest absolute Gasteiger partial charge is 0.339 e. The van der Waals surface area contributed by atoms with E-state index in [-0.39, 0.29) is 16.6 Å². The number of likely N-dealkylation sites (tertiary alicyclic amines) is 1. The number of carbonyl (C=O) groups is 2. The van der Waals surface area contributed by atoms with Crippen molar-refractivity contribution in [1.82, 2.24) is 9.62 Å². The van der Waals surface area contributed by atoms with E-state index in [1.807, 2.05) is 6.07 Å². The van der Waals surface area contributed by atoms with Gasteiger partial charge in [-0.25, -0.2) is 17.9 Å². The molecule has 2 aromatic carbocycles. The van der Waals surface area contributed by atoms with Crippen molar-refractivity contribution in [3.8, 4) is 5.75 Å². The van der Waals surface area contributed by atoms with Crippen LogP contribution in [0.2, 0.25) is 10.0 Å². The molecule has 200 valence electrons. The number of halogens is 2. The highest BCUT2D eigenvalue weighted by atomic mass is 35.5. The number of piperidine rings is 1. The number of sulfonamides is 1. The molecule has 0 radical (unpaired) electrons. The summed E-state index contributed by atoms with van der Waals surface area (Å²) >= 11 is 12.1. The van der Waals surface area contributed by atoms with Crippen molar-refractivity contribution in [2.45, 2.75) is 55.6 Å². The van der Waals surface area contributed by atoms with Crippen molar-refractivity contribution in [2.24, 2.45) is 5.92 Å². The van der Waals surface area contributed by atoms with E-state index in [1.165, 1.54) is 31.4 Å². The summed E-state index contributed by atoms with van der Waals surface area (Å²) in [5.41, 5.74) is -0.111. The second kappa shape index (κ2) is 12.0. The molecule has 1 N–H and O–H groups in total. The highest BCUT2D eigenvalue weighted by Gasteiger charge is 2.34. The minimum absolute atomic E-state index is 0.105. The first-order chi connectivity index (χ1) is 17.7. The van der Waals surface area contributed by atoms with Crippen LogP contribution in [-0.2, 0) is 19.6 Å². The van der Waals surface area contributed by atoms with E-state index in [2.05, 4.69) is 14.4 Å².